The first-order valence-corrected chi connectivity index (χ1v) is 8.60. The summed E-state index contributed by atoms with van der Waals surface area (Å²) < 4.78 is 0. The summed E-state index contributed by atoms with van der Waals surface area (Å²) in [7, 11) is 0. The topological polar surface area (TPSA) is 75.5 Å². The van der Waals surface area contributed by atoms with Crippen molar-refractivity contribution in [2.24, 2.45) is 0 Å². The number of carbonyl (C=O) groups is 1. The van der Waals surface area contributed by atoms with E-state index < -0.39 is 5.91 Å². The van der Waals surface area contributed by atoms with Gasteiger partial charge in [0.25, 0.3) is 5.91 Å². The van der Waals surface area contributed by atoms with Gasteiger partial charge in [-0.25, -0.2) is 5.48 Å². The number of nitrogens with zero attached hydrogens (tertiary/aromatic N) is 1. The first-order valence-electron chi connectivity index (χ1n) is 8.60. The van der Waals surface area contributed by atoms with Crippen molar-refractivity contribution in [3.63, 3.8) is 0 Å². The smallest absolute Gasteiger partial charge is 0.661 e. The Morgan fingerprint density at radius 1 is 1.15 bits per heavy atom. The average molecular weight is 371 g/mol. The second-order valence-electron chi connectivity index (χ2n) is 6.17. The number of amides is 1. The van der Waals surface area contributed by atoms with Crippen molar-refractivity contribution in [2.75, 3.05) is 6.54 Å². The number of hydrogen-bond acceptors (Lipinski definition) is 3. The predicted molar refractivity (Wildman–Crippen MR) is 103 cm³/mol. The average Bonchev–Trinajstić information content (AvgIpc) is 2.99. The number of aryl methyl sites for hydroxylation is 1. The second kappa shape index (κ2) is 10.4. The zero-order valence-corrected chi connectivity index (χ0v) is 17.7. The maximum absolute atomic E-state index is 11.0. The minimum atomic E-state index is -0.541. The van der Waals surface area contributed by atoms with Gasteiger partial charge in [-0.2, -0.15) is 5.69 Å². The Kier molecular flexibility index (Phi) is 8.28. The first-order chi connectivity index (χ1) is 12.7. The monoisotopic (exact) mass is 371 g/mol. The summed E-state index contributed by atoms with van der Waals surface area (Å²) in [4.78, 5) is 15.6. The number of para-hydroxylation sites is 1. The summed E-state index contributed by atoms with van der Waals surface area (Å²) in [6.45, 7) is 3.74. The van der Waals surface area contributed by atoms with Gasteiger partial charge in [0.1, 0.15) is 0 Å². The molecular weight excluding hydrogens is 349 g/mol. The molecule has 1 aromatic heterocycles. The van der Waals surface area contributed by atoms with Crippen LogP contribution in [0.5, 0.6) is 0 Å². The van der Waals surface area contributed by atoms with Crippen LogP contribution in [-0.4, -0.2) is 17.7 Å². The minimum absolute atomic E-state index is 0. The summed E-state index contributed by atoms with van der Waals surface area (Å²) in [6, 6.07) is 16.2. The van der Waals surface area contributed by atoms with Gasteiger partial charge >= 0.3 is 29.6 Å². The first kappa shape index (κ1) is 21.4. The molecule has 0 aliphatic carbocycles. The molecule has 5 nitrogen and oxygen atoms in total. The molecule has 0 atom stereocenters. The van der Waals surface area contributed by atoms with Crippen molar-refractivity contribution < 1.29 is 39.6 Å². The molecule has 1 amide bonds. The maximum atomic E-state index is 11.0. The Balaban J connectivity index is 0.00000261. The molecular formula is C21H22N3NaO2. The number of hydrogen-bond donors (Lipinski definition) is 3. The van der Waals surface area contributed by atoms with E-state index in [2.05, 4.69) is 35.4 Å². The molecule has 0 fully saturated rings. The molecule has 6 heteroatoms. The fraction of sp³-hybridized carbons (Fsp3) is 0.190. The van der Waals surface area contributed by atoms with Crippen molar-refractivity contribution in [1.29, 1.82) is 0 Å². The molecule has 3 rings (SSSR count). The van der Waals surface area contributed by atoms with Crippen LogP contribution in [0.25, 0.3) is 17.0 Å². The predicted octanol–water partition coefficient (Wildman–Crippen LogP) is -0.0397. The van der Waals surface area contributed by atoms with Crippen LogP contribution < -0.4 is 45.3 Å². The normalized spacial score (nSPS) is 10.9. The van der Waals surface area contributed by atoms with Gasteiger partial charge in [0, 0.05) is 12.6 Å². The third-order valence-corrected chi connectivity index (χ3v) is 4.35. The molecule has 0 spiro atoms. The van der Waals surface area contributed by atoms with E-state index in [0.717, 1.165) is 36.3 Å². The Hall–Kier alpha value is -1.89. The quantitative estimate of drug-likeness (QED) is 0.179. The Morgan fingerprint density at radius 3 is 2.63 bits per heavy atom. The molecule has 0 aliphatic heterocycles. The van der Waals surface area contributed by atoms with Gasteiger partial charge in [0.2, 0.25) is 0 Å². The number of nitrogens with one attached hydrogen (secondary N) is 2. The van der Waals surface area contributed by atoms with Crippen LogP contribution in [0.15, 0.2) is 54.6 Å². The van der Waals surface area contributed by atoms with Gasteiger partial charge in [-0.15, -0.1) is 5.52 Å². The van der Waals surface area contributed by atoms with Gasteiger partial charge in [-0.05, 0) is 35.6 Å². The van der Waals surface area contributed by atoms with Gasteiger partial charge in [-0.1, -0.05) is 61.0 Å². The molecule has 0 saturated heterocycles. The van der Waals surface area contributed by atoms with Gasteiger partial charge in [0.15, 0.2) is 0 Å². The van der Waals surface area contributed by atoms with Crippen LogP contribution in [0.4, 0.5) is 0 Å². The van der Waals surface area contributed by atoms with E-state index >= 15 is 0 Å². The summed E-state index contributed by atoms with van der Waals surface area (Å²) in [5, 5.41) is 13.2. The maximum Gasteiger partial charge on any atom is 1.00 e. The molecule has 1 heterocycles. The van der Waals surface area contributed by atoms with Crippen LogP contribution in [-0.2, 0) is 17.8 Å². The fourth-order valence-corrected chi connectivity index (χ4v) is 2.99. The van der Waals surface area contributed by atoms with Crippen LogP contribution in [0.3, 0.4) is 0 Å². The number of benzene rings is 2. The van der Waals surface area contributed by atoms with Gasteiger partial charge < -0.3 is 10.3 Å². The number of aromatic nitrogens is 1. The molecule has 134 valence electrons. The van der Waals surface area contributed by atoms with Crippen molar-refractivity contribution >= 4 is 22.9 Å². The van der Waals surface area contributed by atoms with Crippen molar-refractivity contribution in [1.82, 2.24) is 15.8 Å². The third kappa shape index (κ3) is 5.79. The molecule has 3 N–H and O–H groups in total. The van der Waals surface area contributed by atoms with Crippen LogP contribution in [0.1, 0.15) is 22.4 Å². The summed E-state index contributed by atoms with van der Waals surface area (Å²) in [5.41, 5.74) is 7.14. The number of fused-ring (bicyclic) bond motifs is 1. The van der Waals surface area contributed by atoms with E-state index in [1.54, 1.807) is 11.6 Å². The third-order valence-electron chi connectivity index (χ3n) is 4.35. The Bertz CT molecular complexity index is 917. The van der Waals surface area contributed by atoms with Gasteiger partial charge in [0.05, 0.1) is 0 Å². The van der Waals surface area contributed by atoms with E-state index in [1.165, 1.54) is 22.6 Å². The van der Waals surface area contributed by atoms with E-state index in [4.69, 9.17) is 5.21 Å². The second-order valence-corrected chi connectivity index (χ2v) is 6.17. The zero-order valence-electron chi connectivity index (χ0n) is 15.7. The molecule has 0 radical (unpaired) electrons. The molecule has 0 saturated carbocycles. The fourth-order valence-electron chi connectivity index (χ4n) is 2.99. The van der Waals surface area contributed by atoms with Crippen LogP contribution in [0.2, 0.25) is 0 Å². The van der Waals surface area contributed by atoms with Crippen molar-refractivity contribution in [3.05, 3.63) is 77.0 Å². The van der Waals surface area contributed by atoms with Crippen LogP contribution in [0, 0.1) is 6.92 Å². The Morgan fingerprint density at radius 2 is 1.89 bits per heavy atom. The summed E-state index contributed by atoms with van der Waals surface area (Å²) >= 11 is 0. The molecule has 2 aromatic carbocycles. The van der Waals surface area contributed by atoms with Crippen molar-refractivity contribution in [2.45, 2.75) is 19.9 Å². The summed E-state index contributed by atoms with van der Waals surface area (Å²) in [5.74, 6) is -0.541. The SMILES string of the molecule is Cc1[n-]c2ccccc2c1CCNCc1ccc(/C=C/C(=O)NO)cc1.[Na+]. The van der Waals surface area contributed by atoms with E-state index in [-0.39, 0.29) is 29.6 Å². The zero-order chi connectivity index (χ0) is 18.4. The standard InChI is InChI=1S/C21H22N3O2.Na/c1-15-18(19-4-2-3-5-20(19)23-15)12-13-22-14-17-8-6-16(7-9-17)10-11-21(25)24-26;/h2-11,22,26H,12-14H2,1H3,(H,24,25);/q-1;+1/b11-10+;. The molecule has 3 aromatic rings. The number of rotatable bonds is 7. The molecule has 0 aliphatic rings. The van der Waals surface area contributed by atoms with E-state index in [9.17, 15) is 4.79 Å². The van der Waals surface area contributed by atoms with E-state index in [0.29, 0.717) is 0 Å². The minimum Gasteiger partial charge on any atom is -0.661 e. The summed E-state index contributed by atoms with van der Waals surface area (Å²) in [6.07, 6.45) is 3.89. The van der Waals surface area contributed by atoms with Gasteiger partial charge in [-0.3, -0.25) is 10.0 Å². The Labute approximate surface area is 181 Å². The molecule has 27 heavy (non-hydrogen) atoms. The van der Waals surface area contributed by atoms with E-state index in [1.807, 2.05) is 30.3 Å². The number of carbonyl (C=O) groups excluding carboxylic acids is 1. The molecule has 0 bridgehead atoms. The molecule has 0 unspecified atom stereocenters. The largest absolute Gasteiger partial charge is 1.00 e. The van der Waals surface area contributed by atoms with Crippen LogP contribution >= 0.6 is 0 Å². The number of hydroxylamine groups is 1. The van der Waals surface area contributed by atoms with Crippen molar-refractivity contribution in [3.8, 4) is 0 Å².